The molecule has 14 heavy (non-hydrogen) atoms. The molecule has 0 spiro atoms. The van der Waals surface area contributed by atoms with Crippen molar-refractivity contribution in [3.8, 4) is 12.8 Å². The zero-order valence-corrected chi connectivity index (χ0v) is 10.9. The summed E-state index contributed by atoms with van der Waals surface area (Å²) in [5.74, 6) is 0.433. The van der Waals surface area contributed by atoms with Crippen LogP contribution >= 0.6 is 0 Å². The molecule has 0 saturated heterocycles. The smallest absolute Gasteiger partial charge is 0.186 e. The Balaban J connectivity index is -0.000000376. The standard InChI is InChI=1S/C6H14N3O2.C2H2.Y/c7-2-3-9-6(1-4-10)11-5-8;1-2;/h1,7,9-10H,2-5,8H2;1-2H;/q-1;;/b6-1-;;. The van der Waals surface area contributed by atoms with Crippen LogP contribution < -0.4 is 11.1 Å². The van der Waals surface area contributed by atoms with E-state index in [9.17, 15) is 0 Å². The summed E-state index contributed by atoms with van der Waals surface area (Å²) >= 11 is 0. The summed E-state index contributed by atoms with van der Waals surface area (Å²) in [4.78, 5) is 0. The zero-order valence-electron chi connectivity index (χ0n) is 8.07. The molecule has 0 aliphatic heterocycles. The van der Waals surface area contributed by atoms with Crippen molar-refractivity contribution in [1.82, 2.24) is 5.32 Å². The molecule has 0 aromatic rings. The Kier molecular flexibility index (Phi) is 25.9. The van der Waals surface area contributed by atoms with E-state index >= 15 is 0 Å². The van der Waals surface area contributed by atoms with E-state index in [4.69, 9.17) is 21.3 Å². The van der Waals surface area contributed by atoms with E-state index in [-0.39, 0.29) is 52.6 Å². The number of nitrogens with one attached hydrogen (secondary N) is 2. The Bertz CT molecular complexity index is 151. The van der Waals surface area contributed by atoms with E-state index in [2.05, 4.69) is 18.2 Å². The average Bonchev–Trinajstić information content (AvgIpc) is 2.18. The van der Waals surface area contributed by atoms with E-state index in [0.29, 0.717) is 12.4 Å². The molecule has 6 heteroatoms. The van der Waals surface area contributed by atoms with Gasteiger partial charge in [-0.25, -0.2) is 0 Å². The maximum Gasteiger partial charge on any atom is 0.186 e. The van der Waals surface area contributed by atoms with Crippen molar-refractivity contribution in [2.45, 2.75) is 0 Å². The molecule has 0 rings (SSSR count). The summed E-state index contributed by atoms with van der Waals surface area (Å²) in [5.41, 5.74) is 11.9. The molecule has 0 fully saturated rings. The van der Waals surface area contributed by atoms with Crippen LogP contribution in [0.15, 0.2) is 12.0 Å². The number of rotatable bonds is 6. The molecule has 79 valence electrons. The molecule has 0 unspecified atom stereocenters. The van der Waals surface area contributed by atoms with Gasteiger partial charge < -0.3 is 20.9 Å². The van der Waals surface area contributed by atoms with Gasteiger partial charge in [-0.15, -0.1) is 19.4 Å². The van der Waals surface area contributed by atoms with Crippen LogP contribution in [0.3, 0.4) is 0 Å². The first-order valence-electron chi connectivity index (χ1n) is 3.70. The van der Waals surface area contributed by atoms with Crippen LogP contribution in [0.5, 0.6) is 0 Å². The van der Waals surface area contributed by atoms with E-state index in [1.165, 1.54) is 6.08 Å². The number of aliphatic hydroxyl groups is 1. The Hall–Kier alpha value is -0.116. The summed E-state index contributed by atoms with van der Waals surface area (Å²) in [6.45, 7) is 0.722. The first-order chi connectivity index (χ1) is 6.35. The molecule has 0 amide bonds. The van der Waals surface area contributed by atoms with Gasteiger partial charge in [-0.3, -0.25) is 5.73 Å². The van der Waals surface area contributed by atoms with Gasteiger partial charge in [0.2, 0.25) is 0 Å². The molecular formula is C8H16N3O2Y-. The Labute approximate surface area is 110 Å². The maximum atomic E-state index is 8.48. The van der Waals surface area contributed by atoms with Gasteiger partial charge in [-0.1, -0.05) is 0 Å². The fourth-order valence-corrected chi connectivity index (χ4v) is 0.541. The Morgan fingerprint density at radius 3 is 2.50 bits per heavy atom. The van der Waals surface area contributed by atoms with Gasteiger partial charge in [-0.2, -0.15) is 0 Å². The average molecular weight is 275 g/mol. The number of aliphatic hydroxyl groups excluding tert-OH is 1. The Morgan fingerprint density at radius 2 is 2.14 bits per heavy atom. The number of terminal acetylenes is 1. The van der Waals surface area contributed by atoms with Crippen molar-refractivity contribution >= 4 is 0 Å². The second-order valence-electron chi connectivity index (χ2n) is 1.74. The topological polar surface area (TPSA) is 91.3 Å². The third-order valence-corrected chi connectivity index (χ3v) is 0.940. The van der Waals surface area contributed by atoms with Crippen LogP contribution in [-0.4, -0.2) is 31.5 Å². The predicted molar refractivity (Wildman–Crippen MR) is 52.4 cm³/mol. The normalized spacial score (nSPS) is 9.07. The summed E-state index contributed by atoms with van der Waals surface area (Å²) in [6.07, 6.45) is 9.46. The van der Waals surface area contributed by atoms with Gasteiger partial charge in [0, 0.05) is 38.8 Å². The number of hydrogen-bond donors (Lipinski definition) is 3. The monoisotopic (exact) mass is 275 g/mol. The van der Waals surface area contributed by atoms with Gasteiger partial charge in [0.15, 0.2) is 5.88 Å². The zero-order chi connectivity index (χ0) is 10.5. The van der Waals surface area contributed by atoms with E-state index in [1.807, 2.05) is 0 Å². The predicted octanol–water partition coefficient (Wildman–Crippen LogP) is -0.358. The van der Waals surface area contributed by atoms with Gasteiger partial charge in [0.1, 0.15) is 6.73 Å². The molecular weight excluding hydrogens is 259 g/mol. The molecule has 0 saturated carbocycles. The van der Waals surface area contributed by atoms with Gasteiger partial charge >= 0.3 is 0 Å². The Morgan fingerprint density at radius 1 is 1.57 bits per heavy atom. The van der Waals surface area contributed by atoms with Gasteiger partial charge in [0.25, 0.3) is 0 Å². The molecule has 0 aromatic carbocycles. The van der Waals surface area contributed by atoms with Crippen LogP contribution in [0, 0.1) is 12.8 Å². The number of ether oxygens (including phenoxy) is 1. The molecule has 0 aliphatic rings. The molecule has 1 radical (unpaired) electrons. The minimum Gasteiger partial charge on any atom is -0.676 e. The van der Waals surface area contributed by atoms with Crippen molar-refractivity contribution < 1.29 is 42.6 Å². The van der Waals surface area contributed by atoms with Crippen molar-refractivity contribution in [2.24, 2.45) is 5.73 Å². The molecule has 0 heterocycles. The second kappa shape index (κ2) is 18.6. The van der Waals surface area contributed by atoms with Crippen LogP contribution in [0.1, 0.15) is 0 Å². The van der Waals surface area contributed by atoms with Crippen molar-refractivity contribution in [1.29, 1.82) is 0 Å². The van der Waals surface area contributed by atoms with Crippen LogP contribution in [0.2, 0.25) is 0 Å². The molecule has 0 bridgehead atoms. The minimum atomic E-state index is -0.0969. The third-order valence-electron chi connectivity index (χ3n) is 0.940. The second-order valence-corrected chi connectivity index (χ2v) is 1.74. The van der Waals surface area contributed by atoms with Crippen LogP contribution in [0.4, 0.5) is 0 Å². The summed E-state index contributed by atoms with van der Waals surface area (Å²) in [5, 5.41) is 11.3. The molecule has 5 N–H and O–H groups in total. The summed E-state index contributed by atoms with van der Waals surface area (Å²) < 4.78 is 4.87. The van der Waals surface area contributed by atoms with E-state index in [1.54, 1.807) is 0 Å². The first-order valence-corrected chi connectivity index (χ1v) is 3.70. The summed E-state index contributed by atoms with van der Waals surface area (Å²) in [6, 6.07) is 0. The molecule has 0 atom stereocenters. The van der Waals surface area contributed by atoms with Crippen LogP contribution in [-0.2, 0) is 37.4 Å². The van der Waals surface area contributed by atoms with E-state index in [0.717, 1.165) is 0 Å². The maximum absolute atomic E-state index is 8.48. The minimum absolute atomic E-state index is 0. The van der Waals surface area contributed by atoms with Crippen LogP contribution in [0.25, 0.3) is 5.73 Å². The molecule has 5 nitrogen and oxygen atoms in total. The van der Waals surface area contributed by atoms with Crippen molar-refractivity contribution in [3.63, 3.8) is 0 Å². The van der Waals surface area contributed by atoms with Gasteiger partial charge in [-0.05, 0) is 6.54 Å². The summed E-state index contributed by atoms with van der Waals surface area (Å²) in [7, 11) is 0. The van der Waals surface area contributed by atoms with E-state index < -0.39 is 0 Å². The quantitative estimate of drug-likeness (QED) is 0.351. The molecule has 0 aliphatic carbocycles. The molecule has 0 aromatic heterocycles. The van der Waals surface area contributed by atoms with Gasteiger partial charge in [0.05, 0.1) is 6.61 Å². The number of hydrogen-bond acceptors (Lipinski definition) is 4. The SMILES string of the molecule is C#C.[NH-]CCN/C(=C/CO)OCN.[Y]. The number of nitrogens with two attached hydrogens (primary N) is 1. The third kappa shape index (κ3) is 14.4. The van der Waals surface area contributed by atoms with Crippen molar-refractivity contribution in [2.75, 3.05) is 26.4 Å². The first kappa shape index (κ1) is 19.5. The largest absolute Gasteiger partial charge is 0.676 e. The fraction of sp³-hybridized carbons (Fsp3) is 0.500. The van der Waals surface area contributed by atoms with Crippen molar-refractivity contribution in [3.05, 3.63) is 17.7 Å². The fourth-order valence-electron chi connectivity index (χ4n) is 0.541.